The van der Waals surface area contributed by atoms with Gasteiger partial charge in [0, 0.05) is 22.3 Å². The molecule has 102 valence electrons. The molecular weight excluding hydrogens is 272 g/mol. The van der Waals surface area contributed by atoms with Crippen molar-refractivity contribution in [2.75, 3.05) is 5.73 Å². The van der Waals surface area contributed by atoms with Gasteiger partial charge in [0.2, 0.25) is 0 Å². The summed E-state index contributed by atoms with van der Waals surface area (Å²) >= 11 is 6.03. The van der Waals surface area contributed by atoms with Gasteiger partial charge in [-0.05, 0) is 44.0 Å². The van der Waals surface area contributed by atoms with Crippen molar-refractivity contribution in [2.24, 2.45) is 0 Å². The molecule has 0 bridgehead atoms. The number of nitrogens with zero attached hydrogens (tertiary/aromatic N) is 3. The molecule has 0 unspecified atom stereocenters. The summed E-state index contributed by atoms with van der Waals surface area (Å²) < 4.78 is 1.69. The van der Waals surface area contributed by atoms with Crippen LogP contribution in [-0.4, -0.2) is 14.6 Å². The molecule has 0 atom stereocenters. The lowest BCUT2D eigenvalue weighted by molar-refractivity contribution is 0.921. The molecule has 2 N–H and O–H groups in total. The van der Waals surface area contributed by atoms with Gasteiger partial charge in [-0.2, -0.15) is 9.61 Å². The molecule has 0 saturated heterocycles. The molecule has 0 aliphatic rings. The summed E-state index contributed by atoms with van der Waals surface area (Å²) in [5.74, 6) is 0.591. The number of nitrogen functional groups attached to an aromatic ring is 1. The molecule has 2 aromatic heterocycles. The van der Waals surface area contributed by atoms with Crippen LogP contribution in [0.15, 0.2) is 24.3 Å². The number of benzene rings is 1. The average molecular weight is 287 g/mol. The maximum Gasteiger partial charge on any atom is 0.165 e. The van der Waals surface area contributed by atoms with Crippen LogP contribution >= 0.6 is 11.6 Å². The summed E-state index contributed by atoms with van der Waals surface area (Å²) in [6.07, 6.45) is 0. The minimum Gasteiger partial charge on any atom is -0.384 e. The predicted octanol–water partition coefficient (Wildman–Crippen LogP) is 3.56. The maximum absolute atomic E-state index is 6.03. The standard InChI is InChI=1S/C15H15ClN4/c1-8-6-11(16)4-5-12(8)14-10(3)19-20-13(17)7-9(2)18-15(14)20/h4-7H,17H2,1-3H3. The van der Waals surface area contributed by atoms with E-state index < -0.39 is 0 Å². The van der Waals surface area contributed by atoms with E-state index in [1.807, 2.05) is 45.0 Å². The van der Waals surface area contributed by atoms with E-state index in [1.165, 1.54) is 0 Å². The first-order chi connectivity index (χ1) is 9.47. The van der Waals surface area contributed by atoms with Gasteiger partial charge in [0.15, 0.2) is 5.65 Å². The molecule has 0 amide bonds. The molecule has 3 aromatic rings. The SMILES string of the molecule is Cc1cc(N)n2nc(C)c(-c3ccc(Cl)cc3C)c2n1. The van der Waals surface area contributed by atoms with E-state index in [-0.39, 0.29) is 0 Å². The fourth-order valence-electron chi connectivity index (χ4n) is 2.50. The van der Waals surface area contributed by atoms with Gasteiger partial charge in [0.1, 0.15) is 5.82 Å². The van der Waals surface area contributed by atoms with Crippen LogP contribution in [0, 0.1) is 20.8 Å². The maximum atomic E-state index is 6.03. The number of hydrogen-bond donors (Lipinski definition) is 1. The Bertz CT molecular complexity index is 820. The van der Waals surface area contributed by atoms with Crippen molar-refractivity contribution in [1.82, 2.24) is 14.6 Å². The Morgan fingerprint density at radius 2 is 1.90 bits per heavy atom. The summed E-state index contributed by atoms with van der Waals surface area (Å²) in [5, 5.41) is 5.22. The predicted molar refractivity (Wildman–Crippen MR) is 82.1 cm³/mol. The van der Waals surface area contributed by atoms with E-state index >= 15 is 0 Å². The quantitative estimate of drug-likeness (QED) is 0.744. The highest BCUT2D eigenvalue weighted by atomic mass is 35.5. The lowest BCUT2D eigenvalue weighted by Gasteiger charge is -2.06. The molecule has 1 aromatic carbocycles. The van der Waals surface area contributed by atoms with Crippen molar-refractivity contribution in [1.29, 1.82) is 0 Å². The Kier molecular flexibility index (Phi) is 2.91. The minimum atomic E-state index is 0.591. The summed E-state index contributed by atoms with van der Waals surface area (Å²) in [6.45, 7) is 5.92. The zero-order valence-corrected chi connectivity index (χ0v) is 12.4. The largest absolute Gasteiger partial charge is 0.384 e. The number of aryl methyl sites for hydroxylation is 3. The van der Waals surface area contributed by atoms with Gasteiger partial charge < -0.3 is 5.73 Å². The van der Waals surface area contributed by atoms with E-state index in [0.29, 0.717) is 5.82 Å². The second-order valence-electron chi connectivity index (χ2n) is 4.98. The third kappa shape index (κ3) is 1.93. The van der Waals surface area contributed by atoms with Gasteiger partial charge >= 0.3 is 0 Å². The fraction of sp³-hybridized carbons (Fsp3) is 0.200. The first-order valence-electron chi connectivity index (χ1n) is 6.36. The first kappa shape index (κ1) is 12.9. The van der Waals surface area contributed by atoms with Crippen LogP contribution in [0.1, 0.15) is 17.0 Å². The van der Waals surface area contributed by atoms with Crippen molar-refractivity contribution in [3.8, 4) is 11.1 Å². The van der Waals surface area contributed by atoms with Gasteiger partial charge in [-0.3, -0.25) is 0 Å². The summed E-state index contributed by atoms with van der Waals surface area (Å²) in [5.41, 5.74) is 11.8. The molecule has 0 aliphatic heterocycles. The number of hydrogen-bond acceptors (Lipinski definition) is 3. The van der Waals surface area contributed by atoms with Crippen molar-refractivity contribution in [3.63, 3.8) is 0 Å². The summed E-state index contributed by atoms with van der Waals surface area (Å²) in [4.78, 5) is 4.58. The molecular formula is C15H15ClN4. The molecule has 0 saturated carbocycles. The van der Waals surface area contributed by atoms with Crippen LogP contribution < -0.4 is 5.73 Å². The highest BCUT2D eigenvalue weighted by Gasteiger charge is 2.16. The molecule has 0 radical (unpaired) electrons. The van der Waals surface area contributed by atoms with Crippen LogP contribution in [0.5, 0.6) is 0 Å². The molecule has 0 aliphatic carbocycles. The van der Waals surface area contributed by atoms with Crippen molar-refractivity contribution in [2.45, 2.75) is 20.8 Å². The van der Waals surface area contributed by atoms with Gasteiger partial charge in [-0.15, -0.1) is 0 Å². The van der Waals surface area contributed by atoms with E-state index in [1.54, 1.807) is 4.52 Å². The Hall–Kier alpha value is -2.07. The number of aromatic nitrogens is 3. The zero-order valence-electron chi connectivity index (χ0n) is 11.6. The Balaban J connectivity index is 2.38. The molecule has 3 rings (SSSR count). The van der Waals surface area contributed by atoms with Crippen LogP contribution in [0.3, 0.4) is 0 Å². The second kappa shape index (κ2) is 4.49. The number of halogens is 1. The Morgan fingerprint density at radius 3 is 2.60 bits per heavy atom. The molecule has 0 fully saturated rings. The number of fused-ring (bicyclic) bond motifs is 1. The third-order valence-corrected chi connectivity index (χ3v) is 3.61. The molecule has 5 heteroatoms. The van der Waals surface area contributed by atoms with Crippen molar-refractivity contribution >= 4 is 23.1 Å². The highest BCUT2D eigenvalue weighted by Crippen LogP contribution is 2.32. The molecule has 0 spiro atoms. The average Bonchev–Trinajstić information content (AvgIpc) is 2.67. The van der Waals surface area contributed by atoms with Crippen molar-refractivity contribution in [3.05, 3.63) is 46.2 Å². The molecule has 4 nitrogen and oxygen atoms in total. The molecule has 2 heterocycles. The number of nitrogens with two attached hydrogens (primary N) is 1. The zero-order chi connectivity index (χ0) is 14.4. The summed E-state index contributed by atoms with van der Waals surface area (Å²) in [6, 6.07) is 7.64. The minimum absolute atomic E-state index is 0.591. The van der Waals surface area contributed by atoms with Crippen LogP contribution in [0.25, 0.3) is 16.8 Å². The topological polar surface area (TPSA) is 56.2 Å². The Labute approximate surface area is 122 Å². The normalized spacial score (nSPS) is 11.2. The second-order valence-corrected chi connectivity index (χ2v) is 5.41. The highest BCUT2D eigenvalue weighted by molar-refractivity contribution is 6.30. The van der Waals surface area contributed by atoms with E-state index in [9.17, 15) is 0 Å². The lowest BCUT2D eigenvalue weighted by Crippen LogP contribution is -2.01. The van der Waals surface area contributed by atoms with Crippen molar-refractivity contribution < 1.29 is 0 Å². The third-order valence-electron chi connectivity index (χ3n) is 3.38. The van der Waals surface area contributed by atoms with E-state index in [4.69, 9.17) is 17.3 Å². The van der Waals surface area contributed by atoms with Gasteiger partial charge in [-0.25, -0.2) is 4.98 Å². The van der Waals surface area contributed by atoms with Crippen LogP contribution in [0.4, 0.5) is 5.82 Å². The lowest BCUT2D eigenvalue weighted by atomic mass is 10.0. The van der Waals surface area contributed by atoms with Crippen LogP contribution in [0.2, 0.25) is 5.02 Å². The fourth-order valence-corrected chi connectivity index (χ4v) is 2.72. The van der Waals surface area contributed by atoms with Gasteiger partial charge in [-0.1, -0.05) is 17.7 Å². The van der Waals surface area contributed by atoms with E-state index in [2.05, 4.69) is 10.1 Å². The van der Waals surface area contributed by atoms with Crippen LogP contribution in [-0.2, 0) is 0 Å². The number of anilines is 1. The summed E-state index contributed by atoms with van der Waals surface area (Å²) in [7, 11) is 0. The molecule has 20 heavy (non-hydrogen) atoms. The van der Waals surface area contributed by atoms with Gasteiger partial charge in [0.25, 0.3) is 0 Å². The smallest absolute Gasteiger partial charge is 0.165 e. The van der Waals surface area contributed by atoms with Gasteiger partial charge in [0.05, 0.1) is 5.69 Å². The number of rotatable bonds is 1. The Morgan fingerprint density at radius 1 is 1.15 bits per heavy atom. The first-order valence-corrected chi connectivity index (χ1v) is 6.74. The van der Waals surface area contributed by atoms with E-state index in [0.717, 1.165) is 38.7 Å². The monoisotopic (exact) mass is 286 g/mol.